The molecule has 0 aromatic carbocycles. The van der Waals surface area contributed by atoms with Gasteiger partial charge in [0.15, 0.2) is 0 Å². The first-order valence-electron chi connectivity index (χ1n) is 5.18. The summed E-state index contributed by atoms with van der Waals surface area (Å²) in [5.74, 6) is 0. The lowest BCUT2D eigenvalue weighted by atomic mass is 9.82. The molecule has 0 spiro atoms. The van der Waals surface area contributed by atoms with Crippen LogP contribution >= 0.6 is 15.9 Å². The van der Waals surface area contributed by atoms with Gasteiger partial charge in [-0.3, -0.25) is 0 Å². The molecule has 0 saturated heterocycles. The second-order valence-electron chi connectivity index (χ2n) is 5.78. The highest BCUT2D eigenvalue weighted by Crippen LogP contribution is 2.42. The quantitative estimate of drug-likeness (QED) is 0.632. The van der Waals surface area contributed by atoms with Crippen LogP contribution in [-0.2, 0) is 4.74 Å². The largest absolute Gasteiger partial charge is 0.366 e. The molecule has 0 N–H and O–H groups in total. The summed E-state index contributed by atoms with van der Waals surface area (Å²) in [6, 6.07) is 0. The van der Waals surface area contributed by atoms with E-state index in [1.807, 2.05) is 0 Å². The second kappa shape index (κ2) is 3.64. The fourth-order valence-electron chi connectivity index (χ4n) is 1.81. The molecule has 0 saturated carbocycles. The Morgan fingerprint density at radius 3 is 2.21 bits per heavy atom. The van der Waals surface area contributed by atoms with Crippen molar-refractivity contribution in [2.75, 3.05) is 0 Å². The van der Waals surface area contributed by atoms with Gasteiger partial charge in [-0.15, -0.1) is 0 Å². The highest BCUT2D eigenvalue weighted by Gasteiger charge is 2.38. The van der Waals surface area contributed by atoms with E-state index in [0.717, 1.165) is 6.42 Å². The van der Waals surface area contributed by atoms with Gasteiger partial charge in [-0.1, -0.05) is 42.3 Å². The van der Waals surface area contributed by atoms with E-state index < -0.39 is 0 Å². The zero-order chi connectivity index (χ0) is 11.1. The van der Waals surface area contributed by atoms with Crippen LogP contribution in [0.1, 0.15) is 48.0 Å². The smallest absolute Gasteiger partial charge is 0.0943 e. The Kier molecular flexibility index (Phi) is 3.18. The lowest BCUT2D eigenvalue weighted by molar-refractivity contribution is -0.0997. The third-order valence-electron chi connectivity index (χ3n) is 2.80. The molecular weight excluding hydrogens is 240 g/mol. The number of hydrogen-bond donors (Lipinski definition) is 0. The molecule has 1 nitrogen and oxygen atoms in total. The van der Waals surface area contributed by atoms with E-state index in [1.165, 1.54) is 10.1 Å². The van der Waals surface area contributed by atoms with E-state index in [0.29, 0.717) is 6.10 Å². The van der Waals surface area contributed by atoms with E-state index in [1.54, 1.807) is 0 Å². The van der Waals surface area contributed by atoms with Crippen molar-refractivity contribution in [1.82, 2.24) is 0 Å². The van der Waals surface area contributed by atoms with Gasteiger partial charge in [0.05, 0.1) is 11.7 Å². The molecule has 0 radical (unpaired) electrons. The number of hydrogen-bond acceptors (Lipinski definition) is 1. The highest BCUT2D eigenvalue weighted by molar-refractivity contribution is 9.11. The van der Waals surface area contributed by atoms with Crippen molar-refractivity contribution in [3.63, 3.8) is 0 Å². The minimum Gasteiger partial charge on any atom is -0.366 e. The van der Waals surface area contributed by atoms with E-state index >= 15 is 0 Å². The molecular formula is C12H21BrO. The van der Waals surface area contributed by atoms with Crippen molar-refractivity contribution < 1.29 is 4.74 Å². The van der Waals surface area contributed by atoms with Gasteiger partial charge in [0.2, 0.25) is 0 Å². The first-order chi connectivity index (χ1) is 6.14. The normalized spacial score (nSPS) is 28.1. The van der Waals surface area contributed by atoms with Gasteiger partial charge < -0.3 is 4.74 Å². The zero-order valence-electron chi connectivity index (χ0n) is 10.1. The minimum atomic E-state index is -0.166. The van der Waals surface area contributed by atoms with Crippen molar-refractivity contribution in [3.05, 3.63) is 10.1 Å². The summed E-state index contributed by atoms with van der Waals surface area (Å²) in [4.78, 5) is 0. The molecule has 82 valence electrons. The average molecular weight is 261 g/mol. The van der Waals surface area contributed by atoms with E-state index in [9.17, 15) is 0 Å². The summed E-state index contributed by atoms with van der Waals surface area (Å²) in [5, 5.41) is 0. The Bertz CT molecular complexity index is 258. The predicted octanol–water partition coefficient (Wildman–Crippen LogP) is 4.27. The van der Waals surface area contributed by atoms with Crippen molar-refractivity contribution in [1.29, 1.82) is 0 Å². The van der Waals surface area contributed by atoms with Gasteiger partial charge >= 0.3 is 0 Å². The molecule has 0 fully saturated rings. The summed E-state index contributed by atoms with van der Waals surface area (Å²) >= 11 is 3.62. The topological polar surface area (TPSA) is 9.23 Å². The Morgan fingerprint density at radius 2 is 1.86 bits per heavy atom. The molecule has 0 aromatic rings. The Balaban J connectivity index is 2.96. The van der Waals surface area contributed by atoms with Crippen LogP contribution in [0.3, 0.4) is 0 Å². The van der Waals surface area contributed by atoms with Gasteiger partial charge in [-0.25, -0.2) is 0 Å². The SMILES string of the molecule is CC1=C(Br)C(C)(C)OC(C(C)(C)C)C1. The molecule has 0 amide bonds. The monoisotopic (exact) mass is 260 g/mol. The third kappa shape index (κ3) is 2.40. The summed E-state index contributed by atoms with van der Waals surface area (Å²) in [6.07, 6.45) is 1.35. The van der Waals surface area contributed by atoms with E-state index in [4.69, 9.17) is 4.74 Å². The van der Waals surface area contributed by atoms with Crippen LogP contribution in [0.2, 0.25) is 0 Å². The maximum Gasteiger partial charge on any atom is 0.0943 e. The first-order valence-corrected chi connectivity index (χ1v) is 5.97. The van der Waals surface area contributed by atoms with Crippen LogP contribution in [0.25, 0.3) is 0 Å². The third-order valence-corrected chi connectivity index (χ3v) is 4.43. The summed E-state index contributed by atoms with van der Waals surface area (Å²) < 4.78 is 7.33. The molecule has 0 bridgehead atoms. The second-order valence-corrected chi connectivity index (χ2v) is 6.57. The molecule has 1 rings (SSSR count). The Morgan fingerprint density at radius 1 is 1.36 bits per heavy atom. The van der Waals surface area contributed by atoms with E-state index in [2.05, 4.69) is 57.5 Å². The lowest BCUT2D eigenvalue weighted by Crippen LogP contribution is -2.42. The van der Waals surface area contributed by atoms with Gasteiger partial charge in [-0.2, -0.15) is 0 Å². The summed E-state index contributed by atoms with van der Waals surface area (Å²) in [7, 11) is 0. The molecule has 1 aliphatic rings. The van der Waals surface area contributed by atoms with Crippen molar-refractivity contribution in [3.8, 4) is 0 Å². The average Bonchev–Trinajstić information content (AvgIpc) is 1.97. The predicted molar refractivity (Wildman–Crippen MR) is 64.7 cm³/mol. The van der Waals surface area contributed by atoms with Crippen LogP contribution in [0, 0.1) is 5.41 Å². The maximum absolute atomic E-state index is 6.12. The zero-order valence-corrected chi connectivity index (χ0v) is 11.7. The van der Waals surface area contributed by atoms with Crippen molar-refractivity contribution in [2.45, 2.75) is 59.7 Å². The molecule has 1 aliphatic heterocycles. The Labute approximate surface area is 96.0 Å². The fourth-order valence-corrected chi connectivity index (χ4v) is 2.07. The highest BCUT2D eigenvalue weighted by atomic mass is 79.9. The molecule has 1 atom stereocenters. The van der Waals surface area contributed by atoms with Crippen LogP contribution in [0.15, 0.2) is 10.1 Å². The molecule has 0 aromatic heterocycles. The fraction of sp³-hybridized carbons (Fsp3) is 0.833. The lowest BCUT2D eigenvalue weighted by Gasteiger charge is -2.42. The first kappa shape index (κ1) is 12.3. The number of rotatable bonds is 0. The Hall–Kier alpha value is 0.180. The van der Waals surface area contributed by atoms with E-state index in [-0.39, 0.29) is 11.0 Å². The van der Waals surface area contributed by atoms with Crippen molar-refractivity contribution >= 4 is 15.9 Å². The molecule has 0 aliphatic carbocycles. The van der Waals surface area contributed by atoms with Gasteiger partial charge in [0, 0.05) is 4.48 Å². The van der Waals surface area contributed by atoms with Gasteiger partial charge in [0.25, 0.3) is 0 Å². The standard InChI is InChI=1S/C12H21BrO/c1-8-7-9(11(2,3)4)14-12(5,6)10(8)13/h9H,7H2,1-6H3. The summed E-state index contributed by atoms with van der Waals surface area (Å²) in [6.45, 7) is 13.1. The van der Waals surface area contributed by atoms with Crippen LogP contribution < -0.4 is 0 Å². The number of ether oxygens (including phenoxy) is 1. The minimum absolute atomic E-state index is 0.166. The van der Waals surface area contributed by atoms with Crippen LogP contribution in [0.4, 0.5) is 0 Å². The number of halogens is 1. The van der Waals surface area contributed by atoms with Crippen LogP contribution in [0.5, 0.6) is 0 Å². The van der Waals surface area contributed by atoms with Gasteiger partial charge in [0.1, 0.15) is 0 Å². The molecule has 2 heteroatoms. The maximum atomic E-state index is 6.12. The van der Waals surface area contributed by atoms with Gasteiger partial charge in [-0.05, 0) is 32.6 Å². The molecule has 1 unspecified atom stereocenters. The summed E-state index contributed by atoms with van der Waals surface area (Å²) in [5.41, 5.74) is 1.47. The van der Waals surface area contributed by atoms with Crippen molar-refractivity contribution in [2.24, 2.45) is 5.41 Å². The molecule has 14 heavy (non-hydrogen) atoms. The molecule has 1 heterocycles. The van der Waals surface area contributed by atoms with Crippen LogP contribution in [-0.4, -0.2) is 11.7 Å².